The van der Waals surface area contributed by atoms with Gasteiger partial charge in [0.1, 0.15) is 10.6 Å². The summed E-state index contributed by atoms with van der Waals surface area (Å²) in [5.74, 6) is -0.777. The van der Waals surface area contributed by atoms with Gasteiger partial charge in [0, 0.05) is 13.0 Å². The number of sulfonamides is 1. The van der Waals surface area contributed by atoms with Crippen molar-refractivity contribution in [2.75, 3.05) is 26.3 Å². The van der Waals surface area contributed by atoms with Gasteiger partial charge in [-0.25, -0.2) is 13.2 Å². The number of hydrogen-bond donors (Lipinski definition) is 1. The van der Waals surface area contributed by atoms with Gasteiger partial charge in [0.15, 0.2) is 6.10 Å². The molecule has 2 aliphatic heterocycles. The van der Waals surface area contributed by atoms with Crippen LogP contribution >= 0.6 is 0 Å². The highest BCUT2D eigenvalue weighted by atomic mass is 32.2. The number of para-hydroxylation sites is 1. The molecule has 3 rings (SSSR count). The van der Waals surface area contributed by atoms with E-state index in [0.29, 0.717) is 18.8 Å². The normalized spacial score (nSPS) is 22.6. The molecule has 114 valence electrons. The van der Waals surface area contributed by atoms with Crippen molar-refractivity contribution >= 4 is 16.0 Å². The molecular weight excluding hydrogens is 298 g/mol. The molecule has 0 bridgehead atoms. The third-order valence-electron chi connectivity index (χ3n) is 3.60. The Labute approximate surface area is 122 Å². The van der Waals surface area contributed by atoms with Crippen LogP contribution in [0, 0.1) is 0 Å². The second-order valence-electron chi connectivity index (χ2n) is 4.90. The van der Waals surface area contributed by atoms with Gasteiger partial charge in [-0.2, -0.15) is 4.31 Å². The number of nitrogens with zero attached hydrogens (tertiary/aromatic N) is 1. The lowest BCUT2D eigenvalue weighted by molar-refractivity contribution is -0.153. The summed E-state index contributed by atoms with van der Waals surface area (Å²) < 4.78 is 37.1. The smallest absolute Gasteiger partial charge is 0.334 e. The van der Waals surface area contributed by atoms with Crippen LogP contribution < -0.4 is 4.74 Å². The van der Waals surface area contributed by atoms with Crippen molar-refractivity contribution in [2.45, 2.75) is 17.4 Å². The van der Waals surface area contributed by atoms with Gasteiger partial charge in [0.2, 0.25) is 10.0 Å². The van der Waals surface area contributed by atoms with E-state index in [-0.39, 0.29) is 24.6 Å². The largest absolute Gasteiger partial charge is 0.492 e. The fourth-order valence-electron chi connectivity index (χ4n) is 2.52. The quantitative estimate of drug-likeness (QED) is 0.850. The van der Waals surface area contributed by atoms with Crippen LogP contribution in [0.4, 0.5) is 0 Å². The Bertz CT molecular complexity index is 671. The number of carboxylic acid groups (broad SMARTS) is 1. The van der Waals surface area contributed by atoms with Gasteiger partial charge in [-0.1, -0.05) is 12.1 Å². The van der Waals surface area contributed by atoms with E-state index in [0.717, 1.165) is 9.87 Å². The van der Waals surface area contributed by atoms with Crippen molar-refractivity contribution in [3.05, 3.63) is 23.8 Å². The second-order valence-corrected chi connectivity index (χ2v) is 6.81. The Morgan fingerprint density at radius 2 is 2.14 bits per heavy atom. The van der Waals surface area contributed by atoms with Crippen LogP contribution in [0.5, 0.6) is 5.75 Å². The highest BCUT2D eigenvalue weighted by Gasteiger charge is 2.36. The first kappa shape index (κ1) is 14.3. The van der Waals surface area contributed by atoms with Gasteiger partial charge in [-0.05, 0) is 11.6 Å². The summed E-state index contributed by atoms with van der Waals surface area (Å²) >= 11 is 0. The number of carboxylic acids is 1. The van der Waals surface area contributed by atoms with Crippen LogP contribution in [0.15, 0.2) is 23.1 Å². The van der Waals surface area contributed by atoms with E-state index in [1.54, 1.807) is 6.07 Å². The van der Waals surface area contributed by atoms with Gasteiger partial charge >= 0.3 is 5.97 Å². The number of benzene rings is 1. The first-order valence-electron chi connectivity index (χ1n) is 6.59. The minimum atomic E-state index is -3.79. The lowest BCUT2D eigenvalue weighted by atomic mass is 10.2. The molecule has 1 saturated heterocycles. The van der Waals surface area contributed by atoms with E-state index >= 15 is 0 Å². The zero-order valence-corrected chi connectivity index (χ0v) is 12.0. The number of morpholine rings is 1. The SMILES string of the molecule is O=C(O)C1CN(S(=O)(=O)c2cccc3c2OCC3)CCO1. The van der Waals surface area contributed by atoms with Gasteiger partial charge in [-0.3, -0.25) is 0 Å². The van der Waals surface area contributed by atoms with E-state index in [9.17, 15) is 13.2 Å². The second kappa shape index (κ2) is 5.28. The fourth-order valence-corrected chi connectivity index (χ4v) is 4.12. The standard InChI is InChI=1S/C13H15NO6S/c15-13(16)10-8-14(5-7-19-10)21(17,18)11-3-1-2-9-4-6-20-12(9)11/h1-3,10H,4-8H2,(H,15,16). The molecule has 2 aliphatic rings. The highest BCUT2D eigenvalue weighted by molar-refractivity contribution is 7.89. The van der Waals surface area contributed by atoms with Crippen molar-refractivity contribution in [1.29, 1.82) is 0 Å². The summed E-state index contributed by atoms with van der Waals surface area (Å²) in [6, 6.07) is 5.00. The molecule has 1 unspecified atom stereocenters. The zero-order chi connectivity index (χ0) is 15.0. The molecule has 0 saturated carbocycles. The Morgan fingerprint density at radius 3 is 2.90 bits per heavy atom. The van der Waals surface area contributed by atoms with E-state index in [1.807, 2.05) is 6.07 Å². The molecule has 0 amide bonds. The minimum Gasteiger partial charge on any atom is -0.492 e. The molecule has 1 fully saturated rings. The predicted octanol–water partition coefficient (Wildman–Crippen LogP) is 0.0956. The van der Waals surface area contributed by atoms with E-state index in [1.165, 1.54) is 6.07 Å². The van der Waals surface area contributed by atoms with Gasteiger partial charge in [0.25, 0.3) is 0 Å². The molecule has 1 atom stereocenters. The average Bonchev–Trinajstić information content (AvgIpc) is 2.95. The number of rotatable bonds is 3. The first-order chi connectivity index (χ1) is 10.00. The van der Waals surface area contributed by atoms with E-state index in [4.69, 9.17) is 14.6 Å². The Hall–Kier alpha value is -1.64. The summed E-state index contributed by atoms with van der Waals surface area (Å²) in [4.78, 5) is 11.1. The molecule has 1 aromatic carbocycles. The molecule has 21 heavy (non-hydrogen) atoms. The minimum absolute atomic E-state index is 0.0616. The Kier molecular flexibility index (Phi) is 3.60. The van der Waals surface area contributed by atoms with E-state index < -0.39 is 22.1 Å². The predicted molar refractivity (Wildman–Crippen MR) is 71.8 cm³/mol. The maximum atomic E-state index is 12.7. The lowest BCUT2D eigenvalue weighted by Gasteiger charge is -2.30. The number of ether oxygens (including phenoxy) is 2. The van der Waals surface area contributed by atoms with Gasteiger partial charge < -0.3 is 14.6 Å². The molecule has 1 N–H and O–H groups in total. The Balaban J connectivity index is 1.94. The number of fused-ring (bicyclic) bond motifs is 1. The topological polar surface area (TPSA) is 93.1 Å². The molecule has 0 spiro atoms. The summed E-state index contributed by atoms with van der Waals surface area (Å²) in [7, 11) is -3.79. The molecule has 1 aromatic rings. The van der Waals surface area contributed by atoms with Crippen molar-refractivity contribution in [2.24, 2.45) is 0 Å². The van der Waals surface area contributed by atoms with Crippen molar-refractivity contribution in [1.82, 2.24) is 4.31 Å². The molecule has 0 aliphatic carbocycles. The lowest BCUT2D eigenvalue weighted by Crippen LogP contribution is -2.48. The van der Waals surface area contributed by atoms with Crippen LogP contribution in [0.2, 0.25) is 0 Å². The summed E-state index contributed by atoms with van der Waals surface area (Å²) in [6.45, 7) is 0.464. The third kappa shape index (κ3) is 2.50. The van der Waals surface area contributed by atoms with Crippen LogP contribution in [0.3, 0.4) is 0 Å². The molecule has 2 heterocycles. The molecule has 0 aromatic heterocycles. The molecule has 7 nitrogen and oxygen atoms in total. The van der Waals surface area contributed by atoms with Crippen molar-refractivity contribution in [3.63, 3.8) is 0 Å². The maximum Gasteiger partial charge on any atom is 0.334 e. The summed E-state index contributed by atoms with van der Waals surface area (Å²) in [6.07, 6.45) is -0.453. The zero-order valence-electron chi connectivity index (χ0n) is 11.2. The molecular formula is C13H15NO6S. The van der Waals surface area contributed by atoms with Crippen LogP contribution in [-0.4, -0.2) is 56.2 Å². The van der Waals surface area contributed by atoms with E-state index in [2.05, 4.69) is 0 Å². The van der Waals surface area contributed by atoms with Crippen molar-refractivity contribution < 1.29 is 27.8 Å². The average molecular weight is 313 g/mol. The molecule has 8 heteroatoms. The van der Waals surface area contributed by atoms with Crippen LogP contribution in [-0.2, 0) is 26.0 Å². The first-order valence-corrected chi connectivity index (χ1v) is 8.03. The fraction of sp³-hybridized carbons (Fsp3) is 0.462. The summed E-state index contributed by atoms with van der Waals surface area (Å²) in [5, 5.41) is 8.98. The Morgan fingerprint density at radius 1 is 1.33 bits per heavy atom. The maximum absolute atomic E-state index is 12.7. The number of hydrogen-bond acceptors (Lipinski definition) is 5. The summed E-state index contributed by atoms with van der Waals surface area (Å²) in [5.41, 5.74) is 0.860. The van der Waals surface area contributed by atoms with Gasteiger partial charge in [-0.15, -0.1) is 0 Å². The number of carbonyl (C=O) groups is 1. The van der Waals surface area contributed by atoms with Crippen molar-refractivity contribution in [3.8, 4) is 5.75 Å². The molecule has 0 radical (unpaired) electrons. The monoisotopic (exact) mass is 313 g/mol. The van der Waals surface area contributed by atoms with Gasteiger partial charge in [0.05, 0.1) is 19.8 Å². The highest BCUT2D eigenvalue weighted by Crippen LogP contribution is 2.34. The van der Waals surface area contributed by atoms with Crippen LogP contribution in [0.25, 0.3) is 0 Å². The van der Waals surface area contributed by atoms with Crippen LogP contribution in [0.1, 0.15) is 5.56 Å². The third-order valence-corrected chi connectivity index (χ3v) is 5.49. The number of aliphatic carboxylic acids is 1.